The van der Waals surface area contributed by atoms with Gasteiger partial charge in [0.15, 0.2) is 11.0 Å². The number of hydrogen-bond donors (Lipinski definition) is 1. The van der Waals surface area contributed by atoms with Crippen LogP contribution in [0.25, 0.3) is 12.2 Å². The van der Waals surface area contributed by atoms with Gasteiger partial charge in [-0.2, -0.15) is 0 Å². The van der Waals surface area contributed by atoms with Crippen molar-refractivity contribution in [3.8, 4) is 0 Å². The zero-order valence-corrected chi connectivity index (χ0v) is 10.9. The van der Waals surface area contributed by atoms with Gasteiger partial charge in [0.05, 0.1) is 5.69 Å². The van der Waals surface area contributed by atoms with Gasteiger partial charge in [-0.25, -0.2) is 9.97 Å². The largest absolute Gasteiger partial charge is 0.448 e. The predicted octanol–water partition coefficient (Wildman–Crippen LogP) is 3.18. The molecule has 0 bridgehead atoms. The molecular weight excluding hydrogens is 234 g/mol. The van der Waals surface area contributed by atoms with Crippen LogP contribution < -0.4 is 5.73 Å². The zero-order valence-electron chi connectivity index (χ0n) is 10.1. The molecule has 90 valence electrons. The standard InChI is InChI=1S/C12H15N3OS/c1-12(2,3)10-14-8(6-16-10)4-5-9-7-17-11(13)15-9/h4-7H,1-3H3,(H2,13,15)/b5-4+. The van der Waals surface area contributed by atoms with Crippen LogP contribution in [0.5, 0.6) is 0 Å². The van der Waals surface area contributed by atoms with E-state index >= 15 is 0 Å². The van der Waals surface area contributed by atoms with Crippen molar-refractivity contribution in [2.75, 3.05) is 5.73 Å². The van der Waals surface area contributed by atoms with Gasteiger partial charge in [0.25, 0.3) is 0 Å². The molecule has 0 spiro atoms. The fourth-order valence-electron chi connectivity index (χ4n) is 1.26. The smallest absolute Gasteiger partial charge is 0.199 e. The fourth-order valence-corrected chi connectivity index (χ4v) is 1.79. The van der Waals surface area contributed by atoms with Crippen LogP contribution in [-0.4, -0.2) is 9.97 Å². The lowest BCUT2D eigenvalue weighted by Gasteiger charge is -2.11. The summed E-state index contributed by atoms with van der Waals surface area (Å²) in [5, 5.41) is 2.47. The highest BCUT2D eigenvalue weighted by atomic mass is 32.1. The Morgan fingerprint density at radius 3 is 2.47 bits per heavy atom. The summed E-state index contributed by atoms with van der Waals surface area (Å²) >= 11 is 1.42. The van der Waals surface area contributed by atoms with Crippen molar-refractivity contribution in [1.82, 2.24) is 9.97 Å². The number of nitrogens with two attached hydrogens (primary N) is 1. The van der Waals surface area contributed by atoms with Crippen LogP contribution >= 0.6 is 11.3 Å². The predicted molar refractivity (Wildman–Crippen MR) is 70.7 cm³/mol. The van der Waals surface area contributed by atoms with Crippen molar-refractivity contribution in [2.24, 2.45) is 0 Å². The summed E-state index contributed by atoms with van der Waals surface area (Å²) in [6, 6.07) is 0. The molecule has 0 saturated carbocycles. The molecular formula is C12H15N3OS. The van der Waals surface area contributed by atoms with Crippen LogP contribution in [0, 0.1) is 0 Å². The summed E-state index contributed by atoms with van der Waals surface area (Å²) < 4.78 is 5.42. The maximum atomic E-state index is 5.55. The number of anilines is 1. The lowest BCUT2D eigenvalue weighted by Crippen LogP contribution is -2.11. The fraction of sp³-hybridized carbons (Fsp3) is 0.333. The van der Waals surface area contributed by atoms with E-state index in [-0.39, 0.29) is 5.41 Å². The Morgan fingerprint density at radius 2 is 1.94 bits per heavy atom. The summed E-state index contributed by atoms with van der Waals surface area (Å²) in [4.78, 5) is 8.53. The molecule has 2 N–H and O–H groups in total. The van der Waals surface area contributed by atoms with Crippen LogP contribution in [0.2, 0.25) is 0 Å². The molecule has 2 aromatic rings. The summed E-state index contributed by atoms with van der Waals surface area (Å²) in [5.41, 5.74) is 7.11. The molecule has 2 heterocycles. The Balaban J connectivity index is 2.14. The van der Waals surface area contributed by atoms with Crippen LogP contribution in [0.4, 0.5) is 5.13 Å². The Labute approximate surface area is 104 Å². The first-order valence-corrected chi connectivity index (χ1v) is 6.18. The average Bonchev–Trinajstić information content (AvgIpc) is 2.82. The first-order chi connectivity index (χ1) is 7.95. The minimum atomic E-state index is -0.0723. The summed E-state index contributed by atoms with van der Waals surface area (Å²) in [6.07, 6.45) is 5.39. The van der Waals surface area contributed by atoms with E-state index in [0.29, 0.717) is 5.13 Å². The number of rotatable bonds is 2. The SMILES string of the molecule is CC(C)(C)c1nc(/C=C/c2csc(N)n2)co1. The minimum Gasteiger partial charge on any atom is -0.448 e. The van der Waals surface area contributed by atoms with E-state index in [9.17, 15) is 0 Å². The highest BCUT2D eigenvalue weighted by Crippen LogP contribution is 2.22. The third-order valence-corrected chi connectivity index (χ3v) is 2.82. The molecule has 0 aliphatic carbocycles. The number of nitrogens with zero attached hydrogens (tertiary/aromatic N) is 2. The Morgan fingerprint density at radius 1 is 1.24 bits per heavy atom. The summed E-state index contributed by atoms with van der Waals surface area (Å²) in [5.74, 6) is 0.731. The number of oxazole rings is 1. The van der Waals surface area contributed by atoms with Crippen LogP contribution in [-0.2, 0) is 5.41 Å². The third kappa shape index (κ3) is 2.94. The van der Waals surface area contributed by atoms with Crippen molar-refractivity contribution in [3.05, 3.63) is 28.9 Å². The molecule has 0 aliphatic heterocycles. The van der Waals surface area contributed by atoms with Crippen LogP contribution in [0.3, 0.4) is 0 Å². The third-order valence-electron chi connectivity index (χ3n) is 2.13. The van der Waals surface area contributed by atoms with E-state index < -0.39 is 0 Å². The monoisotopic (exact) mass is 249 g/mol. The molecule has 0 saturated heterocycles. The van der Waals surface area contributed by atoms with Crippen molar-refractivity contribution < 1.29 is 4.42 Å². The van der Waals surface area contributed by atoms with Gasteiger partial charge in [-0.15, -0.1) is 11.3 Å². The normalized spacial score (nSPS) is 12.4. The maximum absolute atomic E-state index is 5.55. The lowest BCUT2D eigenvalue weighted by molar-refractivity contribution is 0.392. The molecule has 0 atom stereocenters. The van der Waals surface area contributed by atoms with Crippen LogP contribution in [0.1, 0.15) is 38.0 Å². The molecule has 0 aromatic carbocycles. The van der Waals surface area contributed by atoms with Crippen molar-refractivity contribution in [1.29, 1.82) is 0 Å². The van der Waals surface area contributed by atoms with E-state index in [0.717, 1.165) is 17.3 Å². The number of nitrogen functional groups attached to an aromatic ring is 1. The van der Waals surface area contributed by atoms with Gasteiger partial charge >= 0.3 is 0 Å². The van der Waals surface area contributed by atoms with Gasteiger partial charge in [0, 0.05) is 10.8 Å². The maximum Gasteiger partial charge on any atom is 0.199 e. The van der Waals surface area contributed by atoms with Crippen molar-refractivity contribution in [2.45, 2.75) is 26.2 Å². The Bertz CT molecular complexity index is 534. The van der Waals surface area contributed by atoms with Gasteiger partial charge in [-0.1, -0.05) is 20.8 Å². The summed E-state index contributed by atoms with van der Waals surface area (Å²) in [7, 11) is 0. The molecule has 2 rings (SSSR count). The van der Waals surface area contributed by atoms with E-state index in [2.05, 4.69) is 30.7 Å². The highest BCUT2D eigenvalue weighted by Gasteiger charge is 2.19. The Hall–Kier alpha value is -1.62. The molecule has 0 unspecified atom stereocenters. The summed E-state index contributed by atoms with van der Waals surface area (Å²) in [6.45, 7) is 6.19. The van der Waals surface area contributed by atoms with E-state index in [4.69, 9.17) is 10.2 Å². The zero-order chi connectivity index (χ0) is 12.5. The lowest BCUT2D eigenvalue weighted by atomic mass is 9.97. The first-order valence-electron chi connectivity index (χ1n) is 5.30. The van der Waals surface area contributed by atoms with Crippen LogP contribution in [0.15, 0.2) is 16.1 Å². The molecule has 0 fully saturated rings. The minimum absolute atomic E-state index is 0.0723. The number of aromatic nitrogens is 2. The van der Waals surface area contributed by atoms with Gasteiger partial charge in [0.2, 0.25) is 0 Å². The topological polar surface area (TPSA) is 64.9 Å². The van der Waals surface area contributed by atoms with Gasteiger partial charge in [-0.05, 0) is 12.2 Å². The van der Waals surface area contributed by atoms with Gasteiger partial charge in [0.1, 0.15) is 12.0 Å². The molecule has 0 radical (unpaired) electrons. The Kier molecular flexibility index (Phi) is 3.02. The second-order valence-electron chi connectivity index (χ2n) is 4.77. The first kappa shape index (κ1) is 11.9. The quantitative estimate of drug-likeness (QED) is 0.887. The van der Waals surface area contributed by atoms with Gasteiger partial charge in [-0.3, -0.25) is 0 Å². The van der Waals surface area contributed by atoms with E-state index in [1.54, 1.807) is 6.26 Å². The van der Waals surface area contributed by atoms with Crippen molar-refractivity contribution >= 4 is 28.6 Å². The second-order valence-corrected chi connectivity index (χ2v) is 5.66. The van der Waals surface area contributed by atoms with E-state index in [1.165, 1.54) is 11.3 Å². The van der Waals surface area contributed by atoms with Crippen molar-refractivity contribution in [3.63, 3.8) is 0 Å². The molecule has 0 aliphatic rings. The van der Waals surface area contributed by atoms with E-state index in [1.807, 2.05) is 17.5 Å². The molecule has 0 amide bonds. The van der Waals surface area contributed by atoms with Gasteiger partial charge < -0.3 is 10.2 Å². The number of thiazole rings is 1. The number of hydrogen-bond acceptors (Lipinski definition) is 5. The molecule has 4 nitrogen and oxygen atoms in total. The molecule has 5 heteroatoms. The average molecular weight is 249 g/mol. The molecule has 17 heavy (non-hydrogen) atoms. The highest BCUT2D eigenvalue weighted by molar-refractivity contribution is 7.13. The molecule has 2 aromatic heterocycles. The second kappa shape index (κ2) is 4.33.